The number of alkyl carbamates (subject to hydrolysis) is 1. The number of anilines is 1. The molecule has 8 nitrogen and oxygen atoms in total. The molecule has 0 saturated heterocycles. The number of rotatable bonds is 10. The van der Waals surface area contributed by atoms with E-state index >= 15 is 0 Å². The number of carbonyl (C=O) groups excluding carboxylic acids is 3. The van der Waals surface area contributed by atoms with E-state index in [0.717, 1.165) is 11.1 Å². The Morgan fingerprint density at radius 3 is 2.08 bits per heavy atom. The number of hydrogen-bond acceptors (Lipinski definition) is 7. The molecule has 0 aliphatic carbocycles. The van der Waals surface area contributed by atoms with Gasteiger partial charge in [0, 0.05) is 12.0 Å². The van der Waals surface area contributed by atoms with Gasteiger partial charge >= 0.3 is 12.1 Å². The minimum Gasteiger partial charge on any atom is -0.489 e. The molecular formula is C29H32N2O6. The molecule has 0 fully saturated rings. The maximum atomic E-state index is 12.9. The molecule has 0 radical (unpaired) electrons. The van der Waals surface area contributed by atoms with E-state index in [0.29, 0.717) is 23.6 Å². The van der Waals surface area contributed by atoms with Crippen LogP contribution >= 0.6 is 0 Å². The standard InChI is InChI=1S/C29H32N2O6/c1-20(32)23-12-14-24(15-13-23)31-37-27(33)26(30-28(34)36-29(2,3)4)18-21-10-16-25(17-11-21)35-19-22-8-6-5-7-9-22/h5-17,26,31H,18-19H2,1-4H3,(H,30,34)/t26-/m0/s1. The SMILES string of the molecule is CC(=O)c1ccc(NOC(=O)[C@H](Cc2ccc(OCc3ccccc3)cc2)NC(=O)OC(C)(C)C)cc1. The van der Waals surface area contributed by atoms with E-state index in [4.69, 9.17) is 14.3 Å². The van der Waals surface area contributed by atoms with Gasteiger partial charge in [0.05, 0.1) is 5.69 Å². The Morgan fingerprint density at radius 1 is 0.838 bits per heavy atom. The van der Waals surface area contributed by atoms with Gasteiger partial charge in [-0.2, -0.15) is 0 Å². The summed E-state index contributed by atoms with van der Waals surface area (Å²) in [7, 11) is 0. The second kappa shape index (κ2) is 12.6. The Morgan fingerprint density at radius 2 is 1.49 bits per heavy atom. The zero-order valence-corrected chi connectivity index (χ0v) is 21.4. The van der Waals surface area contributed by atoms with Crippen LogP contribution < -0.4 is 15.5 Å². The molecule has 1 amide bonds. The highest BCUT2D eigenvalue weighted by Gasteiger charge is 2.26. The van der Waals surface area contributed by atoms with Crippen molar-refractivity contribution in [3.05, 3.63) is 95.6 Å². The fourth-order valence-corrected chi connectivity index (χ4v) is 3.29. The van der Waals surface area contributed by atoms with Crippen LogP contribution in [0.2, 0.25) is 0 Å². The van der Waals surface area contributed by atoms with Gasteiger partial charge in [-0.3, -0.25) is 4.79 Å². The molecule has 0 spiro atoms. The summed E-state index contributed by atoms with van der Waals surface area (Å²) in [6.07, 6.45) is -0.565. The highest BCUT2D eigenvalue weighted by Crippen LogP contribution is 2.17. The maximum absolute atomic E-state index is 12.9. The lowest BCUT2D eigenvalue weighted by Gasteiger charge is -2.23. The Balaban J connectivity index is 1.64. The van der Waals surface area contributed by atoms with E-state index in [1.165, 1.54) is 6.92 Å². The smallest absolute Gasteiger partial charge is 0.408 e. The third-order valence-corrected chi connectivity index (χ3v) is 5.15. The van der Waals surface area contributed by atoms with Gasteiger partial charge in [-0.05, 0) is 75.2 Å². The molecule has 0 aliphatic rings. The van der Waals surface area contributed by atoms with Crippen LogP contribution in [0.1, 0.15) is 49.2 Å². The molecule has 0 heterocycles. The van der Waals surface area contributed by atoms with Crippen LogP contribution in [0.3, 0.4) is 0 Å². The number of hydrogen-bond donors (Lipinski definition) is 2. The van der Waals surface area contributed by atoms with E-state index in [2.05, 4.69) is 10.8 Å². The van der Waals surface area contributed by atoms with Crippen molar-refractivity contribution in [3.63, 3.8) is 0 Å². The Kier molecular flexibility index (Phi) is 9.27. The summed E-state index contributed by atoms with van der Waals surface area (Å²) in [5.74, 6) is -0.0879. The minimum absolute atomic E-state index is 0.0679. The molecule has 0 bridgehead atoms. The van der Waals surface area contributed by atoms with Crippen molar-refractivity contribution in [1.29, 1.82) is 0 Å². The summed E-state index contributed by atoms with van der Waals surface area (Å²) >= 11 is 0. The van der Waals surface area contributed by atoms with Crippen LogP contribution in [0.4, 0.5) is 10.5 Å². The van der Waals surface area contributed by atoms with Crippen molar-refractivity contribution in [2.24, 2.45) is 0 Å². The number of amides is 1. The number of ketones is 1. The lowest BCUT2D eigenvalue weighted by molar-refractivity contribution is -0.143. The first kappa shape index (κ1) is 27.3. The zero-order chi connectivity index (χ0) is 26.8. The van der Waals surface area contributed by atoms with Crippen molar-refractivity contribution in [2.75, 3.05) is 5.48 Å². The van der Waals surface area contributed by atoms with Gasteiger partial charge in [0.15, 0.2) is 5.78 Å². The van der Waals surface area contributed by atoms with Crippen molar-refractivity contribution >= 4 is 23.5 Å². The van der Waals surface area contributed by atoms with Gasteiger partial charge in [0.1, 0.15) is 24.0 Å². The Bertz CT molecular complexity index is 1190. The fourth-order valence-electron chi connectivity index (χ4n) is 3.29. The van der Waals surface area contributed by atoms with Crippen LogP contribution in [-0.4, -0.2) is 29.5 Å². The molecule has 8 heteroatoms. The molecule has 0 aliphatic heterocycles. The van der Waals surface area contributed by atoms with Gasteiger partial charge < -0.3 is 19.6 Å². The molecule has 0 unspecified atom stereocenters. The second-order valence-corrected chi connectivity index (χ2v) is 9.48. The van der Waals surface area contributed by atoms with E-state index < -0.39 is 23.7 Å². The summed E-state index contributed by atoms with van der Waals surface area (Å²) < 4.78 is 11.1. The van der Waals surface area contributed by atoms with Crippen LogP contribution in [0.25, 0.3) is 0 Å². The molecule has 3 aromatic carbocycles. The molecule has 2 N–H and O–H groups in total. The van der Waals surface area contributed by atoms with Gasteiger partial charge in [0.25, 0.3) is 0 Å². The topological polar surface area (TPSA) is 103 Å². The van der Waals surface area contributed by atoms with E-state index in [-0.39, 0.29) is 12.2 Å². The quantitative estimate of drug-likeness (QED) is 0.279. The highest BCUT2D eigenvalue weighted by molar-refractivity contribution is 5.94. The van der Waals surface area contributed by atoms with Crippen LogP contribution in [0, 0.1) is 0 Å². The third-order valence-electron chi connectivity index (χ3n) is 5.15. The average molecular weight is 505 g/mol. The van der Waals surface area contributed by atoms with Gasteiger partial charge in [-0.25, -0.2) is 15.1 Å². The van der Waals surface area contributed by atoms with Crippen LogP contribution in [-0.2, 0) is 27.4 Å². The summed E-state index contributed by atoms with van der Waals surface area (Å²) in [4.78, 5) is 42.0. The fraction of sp³-hybridized carbons (Fsp3) is 0.276. The zero-order valence-electron chi connectivity index (χ0n) is 21.4. The van der Waals surface area contributed by atoms with Crippen molar-refractivity contribution in [3.8, 4) is 5.75 Å². The average Bonchev–Trinajstić information content (AvgIpc) is 2.86. The van der Waals surface area contributed by atoms with Crippen LogP contribution in [0.5, 0.6) is 5.75 Å². The van der Waals surface area contributed by atoms with Crippen molar-refractivity contribution < 1.29 is 28.7 Å². The summed E-state index contributed by atoms with van der Waals surface area (Å²) in [6.45, 7) is 7.12. The monoisotopic (exact) mass is 504 g/mol. The number of Topliss-reactive ketones (excluding diaryl/α,β-unsaturated/α-hetero) is 1. The lowest BCUT2D eigenvalue weighted by Crippen LogP contribution is -2.46. The largest absolute Gasteiger partial charge is 0.489 e. The molecule has 0 aromatic heterocycles. The normalized spacial score (nSPS) is 11.7. The molecule has 37 heavy (non-hydrogen) atoms. The number of benzene rings is 3. The predicted molar refractivity (Wildman–Crippen MR) is 140 cm³/mol. The van der Waals surface area contributed by atoms with Gasteiger partial charge in [-0.15, -0.1) is 0 Å². The first-order valence-electron chi connectivity index (χ1n) is 11.9. The third kappa shape index (κ3) is 9.33. The number of ether oxygens (including phenoxy) is 2. The van der Waals surface area contributed by atoms with Crippen LogP contribution in [0.15, 0.2) is 78.9 Å². The Labute approximate surface area is 216 Å². The number of nitrogens with one attached hydrogen (secondary N) is 2. The Hall–Kier alpha value is -4.33. The van der Waals surface area contributed by atoms with E-state index in [1.54, 1.807) is 45.0 Å². The molecule has 194 valence electrons. The molecule has 0 saturated carbocycles. The van der Waals surface area contributed by atoms with Gasteiger partial charge in [-0.1, -0.05) is 42.5 Å². The first-order valence-corrected chi connectivity index (χ1v) is 11.9. The summed E-state index contributed by atoms with van der Waals surface area (Å²) in [6, 6.07) is 22.6. The second-order valence-electron chi connectivity index (χ2n) is 9.48. The van der Waals surface area contributed by atoms with Crippen molar-refractivity contribution in [2.45, 2.75) is 52.4 Å². The highest BCUT2D eigenvalue weighted by atomic mass is 16.7. The van der Waals surface area contributed by atoms with Crippen molar-refractivity contribution in [1.82, 2.24) is 5.32 Å². The number of carbonyl (C=O) groups is 3. The van der Waals surface area contributed by atoms with E-state index in [9.17, 15) is 14.4 Å². The molecule has 3 rings (SSSR count). The first-order chi connectivity index (χ1) is 17.6. The minimum atomic E-state index is -1.02. The lowest BCUT2D eigenvalue weighted by atomic mass is 10.1. The predicted octanol–water partition coefficient (Wildman–Crippen LogP) is 5.47. The molecular weight excluding hydrogens is 472 g/mol. The summed E-state index contributed by atoms with van der Waals surface area (Å²) in [5.41, 5.74) is 4.70. The molecule has 1 atom stereocenters. The maximum Gasteiger partial charge on any atom is 0.408 e. The molecule has 3 aromatic rings. The van der Waals surface area contributed by atoms with E-state index in [1.807, 2.05) is 54.6 Å². The summed E-state index contributed by atoms with van der Waals surface area (Å²) in [5, 5.41) is 2.59. The van der Waals surface area contributed by atoms with Gasteiger partial charge in [0.2, 0.25) is 0 Å².